The number of ether oxygens (including phenoxy) is 2. The highest BCUT2D eigenvalue weighted by Crippen LogP contribution is 2.15. The van der Waals surface area contributed by atoms with Gasteiger partial charge in [-0.25, -0.2) is 4.79 Å². The molecule has 0 aliphatic heterocycles. The van der Waals surface area contributed by atoms with E-state index in [-0.39, 0.29) is 6.61 Å². The van der Waals surface area contributed by atoms with Gasteiger partial charge in [0.1, 0.15) is 0 Å². The molecule has 1 aliphatic rings. The Labute approximate surface area is 101 Å². The molecular formula is C12H20O5. The van der Waals surface area contributed by atoms with Gasteiger partial charge in [-0.2, -0.15) is 0 Å². The maximum atomic E-state index is 11.0. The third kappa shape index (κ3) is 7.49. The summed E-state index contributed by atoms with van der Waals surface area (Å²) in [5.74, 6) is -2.06. The molecule has 1 saturated carbocycles. The van der Waals surface area contributed by atoms with E-state index in [1.165, 1.54) is 25.7 Å². The lowest BCUT2D eigenvalue weighted by atomic mass is 10.0. The van der Waals surface area contributed by atoms with Crippen molar-refractivity contribution in [1.82, 2.24) is 0 Å². The molecule has 0 bridgehead atoms. The van der Waals surface area contributed by atoms with Gasteiger partial charge >= 0.3 is 11.9 Å². The van der Waals surface area contributed by atoms with Gasteiger partial charge in [0, 0.05) is 6.92 Å². The minimum atomic E-state index is -1.42. The highest BCUT2D eigenvalue weighted by Gasteiger charge is 2.27. The van der Waals surface area contributed by atoms with E-state index in [1.807, 2.05) is 0 Å². The Hall–Kier alpha value is -1.39. The van der Waals surface area contributed by atoms with Crippen LogP contribution in [0.4, 0.5) is 0 Å². The van der Waals surface area contributed by atoms with Crippen LogP contribution < -0.4 is 0 Å². The van der Waals surface area contributed by atoms with Crippen molar-refractivity contribution in [2.45, 2.75) is 52.6 Å². The summed E-state index contributed by atoms with van der Waals surface area (Å²) in [5.41, 5.74) is 0. The van der Waals surface area contributed by atoms with Crippen LogP contribution in [0.25, 0.3) is 0 Å². The summed E-state index contributed by atoms with van der Waals surface area (Å²) in [6.45, 7) is 4.02. The predicted octanol–water partition coefficient (Wildman–Crippen LogP) is 1.63. The minimum Gasteiger partial charge on any atom is -0.463 e. The number of hydrogen-bond acceptors (Lipinski definition) is 5. The third-order valence-electron chi connectivity index (χ3n) is 2.15. The van der Waals surface area contributed by atoms with Gasteiger partial charge in [0.25, 0.3) is 6.10 Å². The molecule has 0 N–H and O–H groups in total. The number of rotatable bonds is 4. The average Bonchev–Trinajstić information content (AvgIpc) is 2.10. The molecule has 5 heteroatoms. The van der Waals surface area contributed by atoms with Gasteiger partial charge in [-0.15, -0.1) is 0 Å². The zero-order valence-corrected chi connectivity index (χ0v) is 10.7. The lowest BCUT2D eigenvalue weighted by Crippen LogP contribution is -2.34. The molecule has 0 spiro atoms. The van der Waals surface area contributed by atoms with Crippen LogP contribution in [-0.4, -0.2) is 30.4 Å². The molecule has 1 aliphatic carbocycles. The molecule has 1 unspecified atom stereocenters. The zero-order valence-electron chi connectivity index (χ0n) is 10.7. The number of esters is 2. The smallest absolute Gasteiger partial charge is 0.355 e. The number of carbonyl (C=O) groups excluding carboxylic acids is 3. The molecule has 0 amide bonds. The SMILES string of the molecule is C1CCC1.CCOC(=O)C(OC(C)=O)C(C)=O. The summed E-state index contributed by atoms with van der Waals surface area (Å²) >= 11 is 0. The molecule has 5 nitrogen and oxygen atoms in total. The van der Waals surface area contributed by atoms with Gasteiger partial charge in [0.05, 0.1) is 6.61 Å². The van der Waals surface area contributed by atoms with E-state index in [4.69, 9.17) is 0 Å². The number of Topliss-reactive ketones (excluding diaryl/α,β-unsaturated/α-hetero) is 1. The van der Waals surface area contributed by atoms with Crippen molar-refractivity contribution in [1.29, 1.82) is 0 Å². The Bertz CT molecular complexity index is 264. The van der Waals surface area contributed by atoms with Crippen LogP contribution in [0.5, 0.6) is 0 Å². The minimum absolute atomic E-state index is 0.143. The first-order valence-corrected chi connectivity index (χ1v) is 5.83. The Morgan fingerprint density at radius 3 is 1.76 bits per heavy atom. The summed E-state index contributed by atoms with van der Waals surface area (Å²) in [6.07, 6.45) is 4.58. The van der Waals surface area contributed by atoms with Crippen molar-refractivity contribution in [2.24, 2.45) is 0 Å². The van der Waals surface area contributed by atoms with Crippen LogP contribution in [0.3, 0.4) is 0 Å². The van der Waals surface area contributed by atoms with Crippen molar-refractivity contribution in [2.75, 3.05) is 6.61 Å². The lowest BCUT2D eigenvalue weighted by molar-refractivity contribution is -0.169. The molecule has 98 valence electrons. The van der Waals surface area contributed by atoms with Crippen molar-refractivity contribution >= 4 is 17.7 Å². The normalized spacial score (nSPS) is 14.5. The zero-order chi connectivity index (χ0) is 13.3. The van der Waals surface area contributed by atoms with Crippen LogP contribution in [-0.2, 0) is 23.9 Å². The quantitative estimate of drug-likeness (QED) is 0.555. The highest BCUT2D eigenvalue weighted by molar-refractivity contribution is 6.02. The Balaban J connectivity index is 0.000000529. The van der Waals surface area contributed by atoms with Gasteiger partial charge < -0.3 is 9.47 Å². The fraction of sp³-hybridized carbons (Fsp3) is 0.750. The Morgan fingerprint density at radius 2 is 1.53 bits per heavy atom. The number of hydrogen-bond donors (Lipinski definition) is 0. The van der Waals surface area contributed by atoms with E-state index < -0.39 is 23.8 Å². The summed E-state index contributed by atoms with van der Waals surface area (Å²) in [7, 11) is 0. The molecule has 1 rings (SSSR count). The topological polar surface area (TPSA) is 69.7 Å². The highest BCUT2D eigenvalue weighted by atomic mass is 16.6. The molecule has 0 saturated heterocycles. The Morgan fingerprint density at radius 1 is 1.06 bits per heavy atom. The molecule has 1 atom stereocenters. The maximum absolute atomic E-state index is 11.0. The fourth-order valence-electron chi connectivity index (χ4n) is 0.931. The third-order valence-corrected chi connectivity index (χ3v) is 2.15. The van der Waals surface area contributed by atoms with Crippen molar-refractivity contribution < 1.29 is 23.9 Å². The van der Waals surface area contributed by atoms with Crippen LogP contribution in [0.15, 0.2) is 0 Å². The van der Waals surface area contributed by atoms with Gasteiger partial charge in [-0.05, 0) is 13.8 Å². The van der Waals surface area contributed by atoms with Crippen molar-refractivity contribution in [3.63, 3.8) is 0 Å². The van der Waals surface area contributed by atoms with Crippen LogP contribution in [0.2, 0.25) is 0 Å². The molecule has 0 heterocycles. The Kier molecular flexibility index (Phi) is 8.01. The molecule has 0 aromatic carbocycles. The van der Waals surface area contributed by atoms with E-state index >= 15 is 0 Å². The van der Waals surface area contributed by atoms with E-state index in [9.17, 15) is 14.4 Å². The van der Waals surface area contributed by atoms with Crippen LogP contribution >= 0.6 is 0 Å². The second kappa shape index (κ2) is 8.73. The van der Waals surface area contributed by atoms with Crippen molar-refractivity contribution in [3.8, 4) is 0 Å². The van der Waals surface area contributed by atoms with E-state index in [1.54, 1.807) is 6.92 Å². The first-order valence-electron chi connectivity index (χ1n) is 5.83. The monoisotopic (exact) mass is 244 g/mol. The van der Waals surface area contributed by atoms with E-state index in [2.05, 4.69) is 9.47 Å². The van der Waals surface area contributed by atoms with Gasteiger partial charge in [0.2, 0.25) is 0 Å². The molecule has 1 fully saturated rings. The predicted molar refractivity (Wildman–Crippen MR) is 61.3 cm³/mol. The van der Waals surface area contributed by atoms with E-state index in [0.29, 0.717) is 0 Å². The summed E-state index contributed by atoms with van der Waals surface area (Å²) in [6, 6.07) is 0. The maximum Gasteiger partial charge on any atom is 0.355 e. The molecular weight excluding hydrogens is 224 g/mol. The van der Waals surface area contributed by atoms with E-state index in [0.717, 1.165) is 13.8 Å². The number of carbonyl (C=O) groups is 3. The molecule has 0 aromatic rings. The van der Waals surface area contributed by atoms with Crippen LogP contribution in [0.1, 0.15) is 46.5 Å². The lowest BCUT2D eigenvalue weighted by Gasteiger charge is -2.11. The first-order chi connectivity index (χ1) is 7.99. The van der Waals surface area contributed by atoms with Gasteiger partial charge in [-0.3, -0.25) is 9.59 Å². The van der Waals surface area contributed by atoms with Gasteiger partial charge in [-0.1, -0.05) is 25.7 Å². The second-order valence-electron chi connectivity index (χ2n) is 3.77. The first kappa shape index (κ1) is 15.6. The summed E-state index contributed by atoms with van der Waals surface area (Å²) in [4.78, 5) is 32.3. The molecule has 0 radical (unpaired) electrons. The standard InChI is InChI=1S/C8H12O5.C4H8/c1-4-12-8(11)7(5(2)9)13-6(3)10;1-2-4-3-1/h7H,4H2,1-3H3;1-4H2. The molecule has 17 heavy (non-hydrogen) atoms. The molecule has 0 aromatic heterocycles. The number of ketones is 1. The van der Waals surface area contributed by atoms with Crippen LogP contribution in [0, 0.1) is 0 Å². The van der Waals surface area contributed by atoms with Crippen molar-refractivity contribution in [3.05, 3.63) is 0 Å². The average molecular weight is 244 g/mol. The summed E-state index contributed by atoms with van der Waals surface area (Å²) < 4.78 is 8.99. The summed E-state index contributed by atoms with van der Waals surface area (Å²) in [5, 5.41) is 0. The largest absolute Gasteiger partial charge is 0.463 e. The van der Waals surface area contributed by atoms with Gasteiger partial charge in [0.15, 0.2) is 5.78 Å². The fourth-order valence-corrected chi connectivity index (χ4v) is 0.931. The second-order valence-corrected chi connectivity index (χ2v) is 3.77.